The third kappa shape index (κ3) is 3.81. The lowest BCUT2D eigenvalue weighted by Crippen LogP contribution is -2.28. The molecule has 5 nitrogen and oxygen atoms in total. The molecule has 0 fully saturated rings. The fourth-order valence-corrected chi connectivity index (χ4v) is 2.74. The van der Waals surface area contributed by atoms with Crippen molar-refractivity contribution in [3.05, 3.63) is 11.6 Å². The van der Waals surface area contributed by atoms with E-state index < -0.39 is 0 Å². The predicted molar refractivity (Wildman–Crippen MR) is 78.3 cm³/mol. The highest BCUT2D eigenvalue weighted by molar-refractivity contribution is 5.76. The van der Waals surface area contributed by atoms with Crippen LogP contribution in [0.15, 0.2) is 0 Å². The van der Waals surface area contributed by atoms with Crippen LogP contribution in [0.4, 0.5) is 0 Å². The first-order valence-electron chi connectivity index (χ1n) is 7.93. The molecule has 0 aromatic carbocycles. The van der Waals surface area contributed by atoms with E-state index in [0.717, 1.165) is 43.9 Å². The Labute approximate surface area is 121 Å². The van der Waals surface area contributed by atoms with Crippen LogP contribution in [-0.4, -0.2) is 20.7 Å². The van der Waals surface area contributed by atoms with Crippen molar-refractivity contribution in [3.8, 4) is 0 Å². The number of hydrogen-bond donors (Lipinski definition) is 1. The third-order valence-electron chi connectivity index (χ3n) is 3.91. The third-order valence-corrected chi connectivity index (χ3v) is 3.91. The van der Waals surface area contributed by atoms with Crippen LogP contribution in [0.3, 0.4) is 0 Å². The SMILES string of the molecule is CCCCCC(=O)NC(C)c1nnc2n1CCCCC2. The van der Waals surface area contributed by atoms with Crippen LogP contribution < -0.4 is 5.32 Å². The van der Waals surface area contributed by atoms with Gasteiger partial charge in [-0.2, -0.15) is 0 Å². The fraction of sp³-hybridized carbons (Fsp3) is 0.800. The minimum absolute atomic E-state index is 0.0523. The first kappa shape index (κ1) is 15.0. The average molecular weight is 278 g/mol. The van der Waals surface area contributed by atoms with E-state index in [1.165, 1.54) is 19.3 Å². The van der Waals surface area contributed by atoms with E-state index in [1.54, 1.807) is 0 Å². The zero-order valence-electron chi connectivity index (χ0n) is 12.7. The molecular weight excluding hydrogens is 252 g/mol. The summed E-state index contributed by atoms with van der Waals surface area (Å²) < 4.78 is 2.20. The zero-order valence-corrected chi connectivity index (χ0v) is 12.7. The molecule has 0 bridgehead atoms. The van der Waals surface area contributed by atoms with Crippen molar-refractivity contribution in [1.82, 2.24) is 20.1 Å². The number of rotatable bonds is 6. The molecule has 1 N–H and O–H groups in total. The van der Waals surface area contributed by atoms with Gasteiger partial charge in [0, 0.05) is 19.4 Å². The highest BCUT2D eigenvalue weighted by atomic mass is 16.1. The summed E-state index contributed by atoms with van der Waals surface area (Å²) in [7, 11) is 0. The Morgan fingerprint density at radius 3 is 2.95 bits per heavy atom. The van der Waals surface area contributed by atoms with E-state index in [-0.39, 0.29) is 11.9 Å². The Morgan fingerprint density at radius 1 is 1.30 bits per heavy atom. The molecule has 2 rings (SSSR count). The molecule has 1 aliphatic heterocycles. The van der Waals surface area contributed by atoms with Gasteiger partial charge in [0.1, 0.15) is 5.82 Å². The molecule has 5 heteroatoms. The van der Waals surface area contributed by atoms with Crippen LogP contribution in [0.2, 0.25) is 0 Å². The smallest absolute Gasteiger partial charge is 0.220 e. The van der Waals surface area contributed by atoms with Gasteiger partial charge in [0.25, 0.3) is 0 Å². The van der Waals surface area contributed by atoms with E-state index >= 15 is 0 Å². The standard InChI is InChI=1S/C15H26N4O/c1-3-4-6-10-14(20)16-12(2)15-18-17-13-9-7-5-8-11-19(13)15/h12H,3-11H2,1-2H3,(H,16,20). The molecule has 2 heterocycles. The van der Waals surface area contributed by atoms with Gasteiger partial charge in [0.05, 0.1) is 6.04 Å². The van der Waals surface area contributed by atoms with Crippen molar-refractivity contribution in [2.45, 2.75) is 77.8 Å². The number of carbonyl (C=O) groups is 1. The minimum atomic E-state index is -0.0523. The van der Waals surface area contributed by atoms with Crippen LogP contribution in [-0.2, 0) is 17.8 Å². The maximum atomic E-state index is 11.9. The molecule has 1 aliphatic rings. The first-order chi connectivity index (χ1) is 9.72. The molecule has 1 unspecified atom stereocenters. The minimum Gasteiger partial charge on any atom is -0.346 e. The van der Waals surface area contributed by atoms with Crippen LogP contribution in [0.25, 0.3) is 0 Å². The van der Waals surface area contributed by atoms with Gasteiger partial charge in [-0.1, -0.05) is 26.2 Å². The number of nitrogens with zero attached hydrogens (tertiary/aromatic N) is 3. The van der Waals surface area contributed by atoms with Crippen molar-refractivity contribution in [2.24, 2.45) is 0 Å². The summed E-state index contributed by atoms with van der Waals surface area (Å²) in [5.41, 5.74) is 0. The maximum absolute atomic E-state index is 11.9. The van der Waals surface area contributed by atoms with Crippen molar-refractivity contribution >= 4 is 5.91 Å². The molecule has 0 spiro atoms. The summed E-state index contributed by atoms with van der Waals surface area (Å²) >= 11 is 0. The Morgan fingerprint density at radius 2 is 2.15 bits per heavy atom. The summed E-state index contributed by atoms with van der Waals surface area (Å²) in [6.07, 6.45) is 8.45. The van der Waals surface area contributed by atoms with Crippen LogP contribution in [0.5, 0.6) is 0 Å². The molecular formula is C15H26N4O. The van der Waals surface area contributed by atoms with Crippen molar-refractivity contribution in [2.75, 3.05) is 0 Å². The summed E-state index contributed by atoms with van der Waals surface area (Å²) in [6, 6.07) is -0.0523. The highest BCUT2D eigenvalue weighted by Crippen LogP contribution is 2.18. The number of aryl methyl sites for hydroxylation is 1. The summed E-state index contributed by atoms with van der Waals surface area (Å²) in [4.78, 5) is 11.9. The monoisotopic (exact) mass is 278 g/mol. The topological polar surface area (TPSA) is 59.8 Å². The number of aromatic nitrogens is 3. The van der Waals surface area contributed by atoms with Gasteiger partial charge in [0.2, 0.25) is 5.91 Å². The normalized spacial score (nSPS) is 16.3. The number of hydrogen-bond acceptors (Lipinski definition) is 3. The van der Waals surface area contributed by atoms with E-state index in [0.29, 0.717) is 6.42 Å². The van der Waals surface area contributed by atoms with E-state index in [9.17, 15) is 4.79 Å². The fourth-order valence-electron chi connectivity index (χ4n) is 2.74. The number of amides is 1. The molecule has 1 atom stereocenters. The van der Waals surface area contributed by atoms with Gasteiger partial charge in [-0.15, -0.1) is 10.2 Å². The molecule has 1 aromatic rings. The molecule has 0 radical (unpaired) electrons. The molecule has 112 valence electrons. The maximum Gasteiger partial charge on any atom is 0.220 e. The summed E-state index contributed by atoms with van der Waals surface area (Å²) in [5.74, 6) is 2.10. The van der Waals surface area contributed by atoms with Crippen molar-refractivity contribution in [3.63, 3.8) is 0 Å². The van der Waals surface area contributed by atoms with Gasteiger partial charge < -0.3 is 9.88 Å². The number of fused-ring (bicyclic) bond motifs is 1. The molecule has 20 heavy (non-hydrogen) atoms. The van der Waals surface area contributed by atoms with Gasteiger partial charge >= 0.3 is 0 Å². The van der Waals surface area contributed by atoms with Gasteiger partial charge in [0.15, 0.2) is 5.82 Å². The quantitative estimate of drug-likeness (QED) is 0.814. The second kappa shape index (κ2) is 7.41. The lowest BCUT2D eigenvalue weighted by molar-refractivity contribution is -0.121. The van der Waals surface area contributed by atoms with Crippen LogP contribution >= 0.6 is 0 Å². The predicted octanol–water partition coefficient (Wildman–Crippen LogP) is 2.76. The second-order valence-corrected chi connectivity index (χ2v) is 5.68. The van der Waals surface area contributed by atoms with E-state index in [2.05, 4.69) is 27.0 Å². The molecule has 1 amide bonds. The van der Waals surface area contributed by atoms with Gasteiger partial charge in [-0.05, 0) is 26.2 Å². The van der Waals surface area contributed by atoms with Crippen molar-refractivity contribution in [1.29, 1.82) is 0 Å². The summed E-state index contributed by atoms with van der Waals surface area (Å²) in [6.45, 7) is 5.12. The Kier molecular flexibility index (Phi) is 5.56. The molecule has 1 aromatic heterocycles. The molecule has 0 saturated carbocycles. The first-order valence-corrected chi connectivity index (χ1v) is 7.93. The van der Waals surface area contributed by atoms with Gasteiger partial charge in [-0.3, -0.25) is 4.79 Å². The largest absolute Gasteiger partial charge is 0.346 e. The van der Waals surface area contributed by atoms with Crippen molar-refractivity contribution < 1.29 is 4.79 Å². The second-order valence-electron chi connectivity index (χ2n) is 5.68. The number of nitrogens with one attached hydrogen (secondary N) is 1. The lowest BCUT2D eigenvalue weighted by Gasteiger charge is -2.15. The molecule has 0 saturated heterocycles. The Bertz CT molecular complexity index is 441. The zero-order chi connectivity index (χ0) is 14.4. The lowest BCUT2D eigenvalue weighted by atomic mass is 10.2. The van der Waals surface area contributed by atoms with E-state index in [1.807, 2.05) is 6.92 Å². The van der Waals surface area contributed by atoms with Crippen LogP contribution in [0.1, 0.15) is 76.5 Å². The van der Waals surface area contributed by atoms with Gasteiger partial charge in [-0.25, -0.2) is 0 Å². The number of unbranched alkanes of at least 4 members (excludes halogenated alkanes) is 2. The Hall–Kier alpha value is -1.39. The number of carbonyl (C=O) groups excluding carboxylic acids is 1. The Balaban J connectivity index is 1.94. The molecule has 0 aliphatic carbocycles. The van der Waals surface area contributed by atoms with Crippen LogP contribution in [0, 0.1) is 0 Å². The van der Waals surface area contributed by atoms with E-state index in [4.69, 9.17) is 0 Å². The highest BCUT2D eigenvalue weighted by Gasteiger charge is 2.20. The average Bonchev–Trinajstić information content (AvgIpc) is 2.68. The summed E-state index contributed by atoms with van der Waals surface area (Å²) in [5, 5.41) is 11.6.